The minimum absolute atomic E-state index is 0.0667. The zero-order valence-corrected chi connectivity index (χ0v) is 20.2. The Morgan fingerprint density at radius 3 is 2.73 bits per heavy atom. The van der Waals surface area contributed by atoms with Gasteiger partial charge >= 0.3 is 0 Å². The molecule has 3 aromatic rings. The van der Waals surface area contributed by atoms with Crippen LogP contribution in [0.25, 0.3) is 16.5 Å². The van der Waals surface area contributed by atoms with Crippen molar-refractivity contribution in [3.8, 4) is 11.4 Å². The van der Waals surface area contributed by atoms with Crippen LogP contribution in [-0.4, -0.2) is 34.9 Å². The highest BCUT2D eigenvalue weighted by Gasteiger charge is 2.21. The van der Waals surface area contributed by atoms with Crippen molar-refractivity contribution in [2.24, 2.45) is 0 Å². The molecular formula is C19H21IN4O4S2. The lowest BCUT2D eigenvalue weighted by Crippen LogP contribution is -2.33. The Bertz CT molecular complexity index is 1080. The summed E-state index contributed by atoms with van der Waals surface area (Å²) in [6.07, 6.45) is 0.765. The van der Waals surface area contributed by atoms with Gasteiger partial charge in [-0.2, -0.15) is 9.78 Å². The topological polar surface area (TPSA) is 108 Å². The molecule has 0 radical (unpaired) electrons. The van der Waals surface area contributed by atoms with Crippen molar-refractivity contribution in [3.63, 3.8) is 0 Å². The minimum Gasteiger partial charge on any atom is -0.494 e. The van der Waals surface area contributed by atoms with Crippen LogP contribution in [0.1, 0.15) is 30.8 Å². The number of nitrogen functional groups attached to an aromatic ring is 1. The second-order valence-corrected chi connectivity index (χ2v) is 9.01. The summed E-state index contributed by atoms with van der Waals surface area (Å²) < 4.78 is 12.1. The minimum atomic E-state index is -0.369. The quantitative estimate of drug-likeness (QED) is 0.232. The number of rotatable bonds is 9. The summed E-state index contributed by atoms with van der Waals surface area (Å²) >= 11 is 3.28. The Kier molecular flexibility index (Phi) is 7.97. The molecule has 3 rings (SSSR count). The van der Waals surface area contributed by atoms with Crippen LogP contribution in [0.4, 0.5) is 5.00 Å². The molecule has 1 aromatic carbocycles. The van der Waals surface area contributed by atoms with Gasteiger partial charge in [0.2, 0.25) is 0 Å². The first-order valence-corrected chi connectivity index (χ1v) is 13.3. The van der Waals surface area contributed by atoms with Crippen LogP contribution < -0.4 is 21.3 Å². The normalized spacial score (nSPS) is 11.2. The fraction of sp³-hybridized carbons (Fsp3) is 0.316. The van der Waals surface area contributed by atoms with E-state index >= 15 is 0 Å². The fourth-order valence-electron chi connectivity index (χ4n) is 2.77. The van der Waals surface area contributed by atoms with Gasteiger partial charge in [0.05, 0.1) is 38.5 Å². The van der Waals surface area contributed by atoms with Crippen LogP contribution in [-0.2, 0) is 4.18 Å². The highest BCUT2D eigenvalue weighted by molar-refractivity contribution is 14.2. The van der Waals surface area contributed by atoms with Gasteiger partial charge in [-0.05, 0) is 38.1 Å². The predicted molar refractivity (Wildman–Crippen MR) is 130 cm³/mol. The molecule has 30 heavy (non-hydrogen) atoms. The summed E-state index contributed by atoms with van der Waals surface area (Å²) in [4.78, 5) is 25.7. The van der Waals surface area contributed by atoms with Gasteiger partial charge in [-0.1, -0.05) is 0 Å². The van der Waals surface area contributed by atoms with Crippen molar-refractivity contribution >= 4 is 63.4 Å². The van der Waals surface area contributed by atoms with E-state index in [4.69, 9.17) is 14.7 Å². The number of aromatic nitrogens is 2. The first-order valence-electron chi connectivity index (χ1n) is 9.16. The first-order chi connectivity index (χ1) is 14.4. The molecule has 0 saturated heterocycles. The summed E-state index contributed by atoms with van der Waals surface area (Å²) in [6, 6.07) is 6.89. The highest BCUT2D eigenvalue weighted by atomic mass is 127. The maximum atomic E-state index is 13.0. The summed E-state index contributed by atoms with van der Waals surface area (Å²) in [5.74, 6) is 0.316. The van der Waals surface area contributed by atoms with Crippen molar-refractivity contribution in [1.82, 2.24) is 15.1 Å². The number of hydrogen-bond acceptors (Lipinski definition) is 8. The van der Waals surface area contributed by atoms with Crippen LogP contribution >= 0.6 is 41.8 Å². The highest BCUT2D eigenvalue weighted by Crippen LogP contribution is 2.27. The smallest absolute Gasteiger partial charge is 0.282 e. The van der Waals surface area contributed by atoms with E-state index in [-0.39, 0.29) is 23.2 Å². The van der Waals surface area contributed by atoms with Gasteiger partial charge in [0.15, 0.2) is 5.69 Å². The predicted octanol–water partition coefficient (Wildman–Crippen LogP) is 3.95. The van der Waals surface area contributed by atoms with E-state index in [1.165, 1.54) is 25.2 Å². The number of hydrogen-bond donors (Lipinski definition) is 2. The van der Waals surface area contributed by atoms with Gasteiger partial charge in [-0.25, -0.2) is 0 Å². The molecule has 0 saturated carbocycles. The number of benzene rings is 1. The van der Waals surface area contributed by atoms with Crippen LogP contribution in [0.5, 0.6) is 5.75 Å². The molecule has 1 amide bonds. The molecule has 0 spiro atoms. The lowest BCUT2D eigenvalue weighted by Gasteiger charge is -2.12. The second kappa shape index (κ2) is 10.5. The van der Waals surface area contributed by atoms with E-state index in [1.807, 2.05) is 13.8 Å². The van der Waals surface area contributed by atoms with Crippen molar-refractivity contribution in [1.29, 1.82) is 0 Å². The van der Waals surface area contributed by atoms with E-state index in [2.05, 4.69) is 31.6 Å². The summed E-state index contributed by atoms with van der Waals surface area (Å²) in [7, 11) is 1.30. The molecule has 0 fully saturated rings. The molecule has 0 bridgehead atoms. The van der Waals surface area contributed by atoms with Gasteiger partial charge in [0.25, 0.3) is 11.5 Å². The number of nitrogens with one attached hydrogen (secondary N) is 1. The number of carbonyl (C=O) groups is 1. The molecule has 8 nitrogen and oxygen atoms in total. The number of thiophene rings is 1. The second-order valence-electron chi connectivity index (χ2n) is 6.66. The Hall–Kier alpha value is -1.83. The molecular weight excluding hydrogens is 539 g/mol. The summed E-state index contributed by atoms with van der Waals surface area (Å²) in [5.41, 5.74) is 6.34. The van der Waals surface area contributed by atoms with E-state index in [0.717, 1.165) is 6.42 Å². The van der Waals surface area contributed by atoms with Gasteiger partial charge in [-0.15, -0.1) is 11.3 Å². The van der Waals surface area contributed by atoms with E-state index in [1.54, 1.807) is 29.6 Å². The van der Waals surface area contributed by atoms with E-state index in [0.29, 0.717) is 40.4 Å². The van der Waals surface area contributed by atoms with Crippen molar-refractivity contribution in [3.05, 3.63) is 45.7 Å². The van der Waals surface area contributed by atoms with Gasteiger partial charge < -0.3 is 20.0 Å². The maximum Gasteiger partial charge on any atom is 0.282 e. The van der Waals surface area contributed by atoms with E-state index in [9.17, 15) is 9.59 Å². The van der Waals surface area contributed by atoms with Crippen LogP contribution in [0.2, 0.25) is 0 Å². The van der Waals surface area contributed by atoms with E-state index < -0.39 is 0 Å². The standard InChI is InChI=1S/C19H21IN4O4S2/c1-11(2)22-18(25)16-14-10-29-17(21)15(14)19(26)24(23-16)12-4-6-13(7-5-12)27-8-3-9-28-30-20/h4-7,10-11H,3,8-9,21H2,1-2H3,(H,22,25). The van der Waals surface area contributed by atoms with Crippen LogP contribution in [0, 0.1) is 0 Å². The van der Waals surface area contributed by atoms with Gasteiger partial charge in [0, 0.05) is 44.4 Å². The number of ether oxygens (including phenoxy) is 1. The fourth-order valence-corrected chi connectivity index (χ4v) is 4.28. The Morgan fingerprint density at radius 1 is 1.33 bits per heavy atom. The van der Waals surface area contributed by atoms with Crippen LogP contribution in [0.3, 0.4) is 0 Å². The lowest BCUT2D eigenvalue weighted by atomic mass is 10.2. The van der Waals surface area contributed by atoms with Gasteiger partial charge in [-0.3, -0.25) is 9.59 Å². The average Bonchev–Trinajstić information content (AvgIpc) is 3.10. The third-order valence-corrected chi connectivity index (χ3v) is 5.91. The number of carbonyl (C=O) groups excluding carboxylic acids is 1. The number of nitrogens with zero attached hydrogens (tertiary/aromatic N) is 2. The molecule has 0 aliphatic rings. The molecule has 11 heteroatoms. The lowest BCUT2D eigenvalue weighted by molar-refractivity contribution is 0.0938. The Morgan fingerprint density at radius 2 is 2.07 bits per heavy atom. The maximum absolute atomic E-state index is 13.0. The summed E-state index contributed by atoms with van der Waals surface area (Å²) in [6.45, 7) is 4.84. The Labute approximate surface area is 193 Å². The zero-order chi connectivity index (χ0) is 21.7. The first kappa shape index (κ1) is 22.8. The Balaban J connectivity index is 1.92. The average molecular weight is 560 g/mol. The largest absolute Gasteiger partial charge is 0.494 e. The van der Waals surface area contributed by atoms with Crippen LogP contribution in [0.15, 0.2) is 34.4 Å². The molecule has 0 aliphatic carbocycles. The number of nitrogens with two attached hydrogens (primary N) is 1. The third-order valence-electron chi connectivity index (χ3n) is 4.08. The molecule has 0 atom stereocenters. The van der Waals surface area contributed by atoms with Gasteiger partial charge in [0.1, 0.15) is 5.75 Å². The molecule has 2 heterocycles. The molecule has 0 aliphatic heterocycles. The molecule has 160 valence electrons. The van der Waals surface area contributed by atoms with Crippen molar-refractivity contribution < 1.29 is 13.7 Å². The number of anilines is 1. The van der Waals surface area contributed by atoms with Crippen molar-refractivity contribution in [2.75, 3.05) is 18.9 Å². The van der Waals surface area contributed by atoms with Crippen molar-refractivity contribution in [2.45, 2.75) is 26.3 Å². The number of fused-ring (bicyclic) bond motifs is 1. The monoisotopic (exact) mass is 560 g/mol. The summed E-state index contributed by atoms with van der Waals surface area (Å²) in [5, 5.41) is 9.98. The molecule has 0 unspecified atom stereocenters. The third kappa shape index (κ3) is 5.25. The molecule has 3 N–H and O–H groups in total. The molecule has 2 aromatic heterocycles. The zero-order valence-electron chi connectivity index (χ0n) is 16.4. The SMILES string of the molecule is CC(C)NC(=O)c1nn(-c2ccc(OCCCOSI)cc2)c(=O)c2c(N)scc12. The number of halogens is 1. The number of amides is 1.